The Kier molecular flexibility index (Phi) is 5.48. The van der Waals surface area contributed by atoms with Crippen LogP contribution in [0.15, 0.2) is 41.2 Å². The van der Waals surface area contributed by atoms with E-state index in [4.69, 9.17) is 4.74 Å². The number of para-hydroxylation sites is 1. The third-order valence-electron chi connectivity index (χ3n) is 4.51. The lowest BCUT2D eigenvalue weighted by Gasteiger charge is -2.22. The van der Waals surface area contributed by atoms with Gasteiger partial charge in [-0.25, -0.2) is 4.68 Å². The van der Waals surface area contributed by atoms with Gasteiger partial charge in [0.1, 0.15) is 12.3 Å². The largest absolute Gasteiger partial charge is 0.496 e. The fraction of sp³-hybridized carbons (Fsp3) is 0.421. The lowest BCUT2D eigenvalue weighted by molar-refractivity contribution is -0.122. The van der Waals surface area contributed by atoms with Crippen molar-refractivity contribution in [3.8, 4) is 17.0 Å². The molecule has 0 aliphatic heterocycles. The normalized spacial score (nSPS) is 14.9. The minimum Gasteiger partial charge on any atom is -0.496 e. The molecule has 0 bridgehead atoms. The number of ether oxygens (including phenoxy) is 1. The van der Waals surface area contributed by atoms with Gasteiger partial charge >= 0.3 is 0 Å². The molecule has 1 amide bonds. The Balaban J connectivity index is 1.77. The molecule has 1 heterocycles. The van der Waals surface area contributed by atoms with Crippen molar-refractivity contribution in [2.45, 2.75) is 44.7 Å². The third kappa shape index (κ3) is 4.26. The minimum atomic E-state index is -0.294. The van der Waals surface area contributed by atoms with Gasteiger partial charge in [0.15, 0.2) is 0 Å². The van der Waals surface area contributed by atoms with Crippen LogP contribution in [0.1, 0.15) is 32.1 Å². The van der Waals surface area contributed by atoms with Crippen molar-refractivity contribution in [2.24, 2.45) is 0 Å². The van der Waals surface area contributed by atoms with Crippen molar-refractivity contribution in [3.05, 3.63) is 46.8 Å². The number of amides is 1. The Labute approximate surface area is 146 Å². The average Bonchev–Trinajstić information content (AvgIpc) is 2.64. The summed E-state index contributed by atoms with van der Waals surface area (Å²) in [5, 5.41) is 7.36. The van der Waals surface area contributed by atoms with Gasteiger partial charge in [0.25, 0.3) is 5.56 Å². The predicted molar refractivity (Wildman–Crippen MR) is 95.5 cm³/mol. The molecule has 0 saturated heterocycles. The minimum absolute atomic E-state index is 0.0711. The van der Waals surface area contributed by atoms with Gasteiger partial charge in [0.2, 0.25) is 5.91 Å². The monoisotopic (exact) mass is 341 g/mol. The van der Waals surface area contributed by atoms with Crippen molar-refractivity contribution < 1.29 is 9.53 Å². The molecule has 6 heteroatoms. The first kappa shape index (κ1) is 17.2. The summed E-state index contributed by atoms with van der Waals surface area (Å²) in [4.78, 5) is 24.3. The third-order valence-corrected chi connectivity index (χ3v) is 4.51. The molecule has 3 rings (SSSR count). The molecule has 1 fully saturated rings. The number of aromatic nitrogens is 2. The molecule has 25 heavy (non-hydrogen) atoms. The van der Waals surface area contributed by atoms with E-state index in [9.17, 15) is 9.59 Å². The number of hydrogen-bond acceptors (Lipinski definition) is 4. The summed E-state index contributed by atoms with van der Waals surface area (Å²) in [5.74, 6) is 0.505. The Hall–Kier alpha value is -2.63. The van der Waals surface area contributed by atoms with Crippen LogP contribution in [0.4, 0.5) is 0 Å². The van der Waals surface area contributed by atoms with E-state index in [1.807, 2.05) is 24.3 Å². The second-order valence-corrected chi connectivity index (χ2v) is 6.32. The van der Waals surface area contributed by atoms with Gasteiger partial charge in [-0.05, 0) is 31.0 Å². The van der Waals surface area contributed by atoms with Crippen LogP contribution in [0.25, 0.3) is 11.3 Å². The molecule has 1 aromatic heterocycles. The number of nitrogens with zero attached hydrogens (tertiary/aromatic N) is 2. The SMILES string of the molecule is COc1ccccc1-c1ccc(=O)n(CC(=O)NC2CCCCC2)n1. The summed E-state index contributed by atoms with van der Waals surface area (Å²) in [6.45, 7) is -0.0711. The lowest BCUT2D eigenvalue weighted by atomic mass is 9.95. The predicted octanol–water partition coefficient (Wildman–Crippen LogP) is 2.37. The topological polar surface area (TPSA) is 73.2 Å². The van der Waals surface area contributed by atoms with Crippen LogP contribution < -0.4 is 15.6 Å². The molecule has 0 radical (unpaired) electrons. The molecule has 0 atom stereocenters. The quantitative estimate of drug-likeness (QED) is 0.906. The highest BCUT2D eigenvalue weighted by Crippen LogP contribution is 2.27. The maximum absolute atomic E-state index is 12.3. The van der Waals surface area contributed by atoms with Gasteiger partial charge in [-0.1, -0.05) is 31.4 Å². The lowest BCUT2D eigenvalue weighted by Crippen LogP contribution is -2.40. The van der Waals surface area contributed by atoms with Crippen molar-refractivity contribution in [1.82, 2.24) is 15.1 Å². The summed E-state index contributed by atoms with van der Waals surface area (Å²) in [5.41, 5.74) is 1.09. The first-order chi connectivity index (χ1) is 12.2. The Morgan fingerprint density at radius 2 is 1.96 bits per heavy atom. The maximum atomic E-state index is 12.3. The first-order valence-electron chi connectivity index (χ1n) is 8.68. The molecule has 1 aromatic carbocycles. The van der Waals surface area contributed by atoms with Crippen molar-refractivity contribution in [3.63, 3.8) is 0 Å². The van der Waals surface area contributed by atoms with E-state index in [0.717, 1.165) is 31.2 Å². The molecule has 1 aliphatic carbocycles. The molecule has 6 nitrogen and oxygen atoms in total. The van der Waals surface area contributed by atoms with Crippen LogP contribution in [0.3, 0.4) is 0 Å². The maximum Gasteiger partial charge on any atom is 0.267 e. The van der Waals surface area contributed by atoms with Gasteiger partial charge in [-0.3, -0.25) is 9.59 Å². The molecule has 1 N–H and O–H groups in total. The zero-order valence-corrected chi connectivity index (χ0v) is 14.4. The highest BCUT2D eigenvalue weighted by atomic mass is 16.5. The molecular formula is C19H23N3O3. The Morgan fingerprint density at radius 3 is 2.72 bits per heavy atom. The number of rotatable bonds is 5. The Morgan fingerprint density at radius 1 is 1.20 bits per heavy atom. The summed E-state index contributed by atoms with van der Waals surface area (Å²) < 4.78 is 6.55. The van der Waals surface area contributed by atoms with E-state index in [1.165, 1.54) is 17.2 Å². The fourth-order valence-electron chi connectivity index (χ4n) is 3.22. The van der Waals surface area contributed by atoms with E-state index in [1.54, 1.807) is 13.2 Å². The highest BCUT2D eigenvalue weighted by molar-refractivity contribution is 5.76. The average molecular weight is 341 g/mol. The van der Waals surface area contributed by atoms with Crippen LogP contribution in [-0.2, 0) is 11.3 Å². The smallest absolute Gasteiger partial charge is 0.267 e. The zero-order chi connectivity index (χ0) is 17.6. The van der Waals surface area contributed by atoms with E-state index in [-0.39, 0.29) is 24.1 Å². The van der Waals surface area contributed by atoms with Gasteiger partial charge in [-0.15, -0.1) is 0 Å². The number of hydrogen-bond donors (Lipinski definition) is 1. The van der Waals surface area contributed by atoms with Crippen molar-refractivity contribution >= 4 is 5.91 Å². The number of carbonyl (C=O) groups excluding carboxylic acids is 1. The fourth-order valence-corrected chi connectivity index (χ4v) is 3.22. The van der Waals surface area contributed by atoms with E-state index in [0.29, 0.717) is 11.4 Å². The molecule has 0 spiro atoms. The molecule has 2 aromatic rings. The first-order valence-corrected chi connectivity index (χ1v) is 8.68. The summed E-state index contributed by atoms with van der Waals surface area (Å²) in [7, 11) is 1.59. The summed E-state index contributed by atoms with van der Waals surface area (Å²) in [6.07, 6.45) is 5.54. The van der Waals surface area contributed by atoms with Crippen LogP contribution >= 0.6 is 0 Å². The summed E-state index contributed by atoms with van der Waals surface area (Å²) >= 11 is 0. The highest BCUT2D eigenvalue weighted by Gasteiger charge is 2.17. The number of carbonyl (C=O) groups is 1. The van der Waals surface area contributed by atoms with Crippen molar-refractivity contribution in [1.29, 1.82) is 0 Å². The second kappa shape index (κ2) is 7.96. The van der Waals surface area contributed by atoms with Gasteiger partial charge in [-0.2, -0.15) is 5.10 Å². The van der Waals surface area contributed by atoms with Crippen LogP contribution in [-0.4, -0.2) is 28.8 Å². The molecule has 1 aliphatic rings. The van der Waals surface area contributed by atoms with E-state index >= 15 is 0 Å². The van der Waals surface area contributed by atoms with E-state index < -0.39 is 0 Å². The van der Waals surface area contributed by atoms with Crippen molar-refractivity contribution in [2.75, 3.05) is 7.11 Å². The second-order valence-electron chi connectivity index (χ2n) is 6.32. The van der Waals surface area contributed by atoms with Gasteiger partial charge in [0, 0.05) is 17.7 Å². The zero-order valence-electron chi connectivity index (χ0n) is 14.4. The number of nitrogens with one attached hydrogen (secondary N) is 1. The van der Waals surface area contributed by atoms with Crippen LogP contribution in [0, 0.1) is 0 Å². The molecule has 1 saturated carbocycles. The molecule has 0 unspecified atom stereocenters. The van der Waals surface area contributed by atoms with Gasteiger partial charge in [0.05, 0.1) is 12.8 Å². The Bertz CT molecular complexity index is 794. The van der Waals surface area contributed by atoms with Gasteiger partial charge < -0.3 is 10.1 Å². The molecular weight excluding hydrogens is 318 g/mol. The number of methoxy groups -OCH3 is 1. The molecule has 132 valence electrons. The van der Waals surface area contributed by atoms with Crippen LogP contribution in [0.5, 0.6) is 5.75 Å². The van der Waals surface area contributed by atoms with E-state index in [2.05, 4.69) is 10.4 Å². The number of benzene rings is 1. The standard InChI is InChI=1S/C19H23N3O3/c1-25-17-10-6-5-9-15(17)16-11-12-19(24)22(21-16)13-18(23)20-14-7-3-2-4-8-14/h5-6,9-12,14H,2-4,7-8,13H2,1H3,(H,20,23). The summed E-state index contributed by atoms with van der Waals surface area (Å²) in [6, 6.07) is 10.8. The van der Waals surface area contributed by atoms with Crippen LogP contribution in [0.2, 0.25) is 0 Å².